The van der Waals surface area contributed by atoms with Crippen molar-refractivity contribution in [3.63, 3.8) is 0 Å². The first-order valence-electron chi connectivity index (χ1n) is 13.4. The molecule has 1 aliphatic carbocycles. The number of rotatable bonds is 13. The molecule has 0 amide bonds. The minimum absolute atomic E-state index is 0.529. The van der Waals surface area contributed by atoms with Crippen LogP contribution in [0.25, 0.3) is 5.57 Å². The molecule has 1 aromatic carbocycles. The van der Waals surface area contributed by atoms with Gasteiger partial charge < -0.3 is 4.74 Å². The van der Waals surface area contributed by atoms with E-state index in [9.17, 15) is 0 Å². The summed E-state index contributed by atoms with van der Waals surface area (Å²) in [6.07, 6.45) is 11.8. The van der Waals surface area contributed by atoms with Crippen molar-refractivity contribution in [3.8, 4) is 5.75 Å². The lowest BCUT2D eigenvalue weighted by Crippen LogP contribution is -2.48. The normalized spacial score (nSPS) is 15.7. The van der Waals surface area contributed by atoms with Gasteiger partial charge in [-0.15, -0.1) is 11.3 Å². The molecule has 0 saturated carbocycles. The van der Waals surface area contributed by atoms with Gasteiger partial charge in [0, 0.05) is 15.3 Å². The van der Waals surface area contributed by atoms with Crippen LogP contribution in [0.5, 0.6) is 5.75 Å². The number of fused-ring (bicyclic) bond motifs is 1. The summed E-state index contributed by atoms with van der Waals surface area (Å²) in [6.45, 7) is 21.3. The molecule has 1 aromatic heterocycles. The summed E-state index contributed by atoms with van der Waals surface area (Å²) in [5, 5.41) is 1.52. The third kappa shape index (κ3) is 5.62. The number of hydrogen-bond acceptors (Lipinski definition) is 2. The molecule has 2 aromatic rings. The van der Waals surface area contributed by atoms with Crippen molar-refractivity contribution in [2.45, 2.75) is 105 Å². The maximum absolute atomic E-state index is 6.53. The predicted octanol–water partition coefficient (Wildman–Crippen LogP) is 9.13. The molecule has 186 valence electrons. The van der Waals surface area contributed by atoms with Gasteiger partial charge in [-0.25, -0.2) is 0 Å². The molecule has 0 spiro atoms. The van der Waals surface area contributed by atoms with Gasteiger partial charge in [-0.2, -0.15) is 0 Å². The van der Waals surface area contributed by atoms with Gasteiger partial charge in [0.25, 0.3) is 0 Å². The maximum Gasteiger partial charge on any atom is 0.122 e. The highest BCUT2D eigenvalue weighted by Crippen LogP contribution is 2.50. The van der Waals surface area contributed by atoms with E-state index in [1.54, 1.807) is 10.5 Å². The Balaban J connectivity index is 2.15. The quantitative estimate of drug-likeness (QED) is 0.153. The Morgan fingerprint density at radius 2 is 1.65 bits per heavy atom. The second-order valence-electron chi connectivity index (χ2n) is 10.7. The largest absolute Gasteiger partial charge is 0.489 e. The standard InChI is InChI=1S/C31H46OSSi/c1-9-12-14-16-25-20-26(17-15-13-10-2)29(32-18-11-3)28(21-25)34(7,8)31-24(6)23(5)27-19-22(4)33-30(27)31/h11,19-21,31H,3,9-10,12-18H2,1-2,4-8H3. The van der Waals surface area contributed by atoms with Crippen molar-refractivity contribution in [3.05, 3.63) is 62.9 Å². The fraction of sp³-hybridized carbons (Fsp3) is 0.548. The van der Waals surface area contributed by atoms with E-state index in [4.69, 9.17) is 4.74 Å². The van der Waals surface area contributed by atoms with Crippen molar-refractivity contribution in [2.24, 2.45) is 0 Å². The second-order valence-corrected chi connectivity index (χ2v) is 16.6. The zero-order valence-electron chi connectivity index (χ0n) is 22.8. The monoisotopic (exact) mass is 494 g/mol. The van der Waals surface area contributed by atoms with E-state index < -0.39 is 8.07 Å². The maximum atomic E-state index is 6.53. The van der Waals surface area contributed by atoms with Gasteiger partial charge in [0.05, 0.1) is 8.07 Å². The molecule has 0 radical (unpaired) electrons. The summed E-state index contributed by atoms with van der Waals surface area (Å²) in [5.41, 5.74) is 8.06. The van der Waals surface area contributed by atoms with Crippen LogP contribution < -0.4 is 9.92 Å². The minimum atomic E-state index is -1.95. The highest BCUT2D eigenvalue weighted by atomic mass is 32.1. The van der Waals surface area contributed by atoms with E-state index in [1.807, 2.05) is 17.4 Å². The zero-order chi connectivity index (χ0) is 24.9. The summed E-state index contributed by atoms with van der Waals surface area (Å²) in [4.78, 5) is 3.03. The molecule has 0 fully saturated rings. The van der Waals surface area contributed by atoms with Crippen LogP contribution in [0, 0.1) is 6.92 Å². The van der Waals surface area contributed by atoms with Crippen LogP contribution in [-0.4, -0.2) is 14.7 Å². The van der Waals surface area contributed by atoms with Gasteiger partial charge in [-0.1, -0.05) is 83.0 Å². The van der Waals surface area contributed by atoms with Crippen LogP contribution in [0.4, 0.5) is 0 Å². The molecule has 1 heterocycles. The third-order valence-corrected chi connectivity index (χ3v) is 12.9. The lowest BCUT2D eigenvalue weighted by atomic mass is 10.00. The van der Waals surface area contributed by atoms with E-state index >= 15 is 0 Å². The van der Waals surface area contributed by atoms with Crippen LogP contribution in [0.2, 0.25) is 13.1 Å². The predicted molar refractivity (Wildman–Crippen MR) is 156 cm³/mol. The van der Waals surface area contributed by atoms with Crippen molar-refractivity contribution < 1.29 is 4.74 Å². The third-order valence-electron chi connectivity index (χ3n) is 7.68. The topological polar surface area (TPSA) is 9.23 Å². The Morgan fingerprint density at radius 1 is 0.971 bits per heavy atom. The van der Waals surface area contributed by atoms with Crippen LogP contribution in [-0.2, 0) is 12.8 Å². The van der Waals surface area contributed by atoms with Gasteiger partial charge in [-0.05, 0) is 80.0 Å². The van der Waals surface area contributed by atoms with Crippen molar-refractivity contribution >= 4 is 30.2 Å². The smallest absolute Gasteiger partial charge is 0.122 e. The number of aryl methyl sites for hydroxylation is 3. The summed E-state index contributed by atoms with van der Waals surface area (Å²) in [5.74, 6) is 1.18. The Hall–Kier alpha value is -1.58. The molecule has 1 nitrogen and oxygen atoms in total. The van der Waals surface area contributed by atoms with Crippen molar-refractivity contribution in [1.29, 1.82) is 0 Å². The fourth-order valence-electron chi connectivity index (χ4n) is 5.71. The summed E-state index contributed by atoms with van der Waals surface area (Å²) >= 11 is 2.02. The molecule has 0 aliphatic heterocycles. The number of allylic oxidation sites excluding steroid dienone is 2. The highest BCUT2D eigenvalue weighted by Gasteiger charge is 2.44. The van der Waals surface area contributed by atoms with Gasteiger partial charge in [0.15, 0.2) is 0 Å². The highest BCUT2D eigenvalue weighted by molar-refractivity contribution is 7.13. The number of unbranched alkanes of at least 4 members (excludes halogenated alkanes) is 4. The lowest BCUT2D eigenvalue weighted by Gasteiger charge is -2.34. The average molecular weight is 495 g/mol. The summed E-state index contributed by atoms with van der Waals surface area (Å²) in [7, 11) is -1.95. The number of hydrogen-bond donors (Lipinski definition) is 0. The molecule has 0 saturated heterocycles. The lowest BCUT2D eigenvalue weighted by molar-refractivity contribution is 0.361. The average Bonchev–Trinajstić information content (AvgIpc) is 3.28. The van der Waals surface area contributed by atoms with Crippen LogP contribution in [0.1, 0.15) is 98.2 Å². The van der Waals surface area contributed by atoms with Gasteiger partial charge in [0.1, 0.15) is 12.4 Å². The Kier molecular flexibility index (Phi) is 9.46. The number of thiophene rings is 1. The molecule has 1 atom stereocenters. The summed E-state index contributed by atoms with van der Waals surface area (Å²) in [6, 6.07) is 7.43. The molecule has 1 unspecified atom stereocenters. The minimum Gasteiger partial charge on any atom is -0.489 e. The van der Waals surface area contributed by atoms with Crippen molar-refractivity contribution in [1.82, 2.24) is 0 Å². The molecular weight excluding hydrogens is 448 g/mol. The Labute approximate surface area is 214 Å². The van der Waals surface area contributed by atoms with E-state index in [0.717, 1.165) is 6.42 Å². The van der Waals surface area contributed by atoms with E-state index in [2.05, 4.69) is 72.5 Å². The van der Waals surface area contributed by atoms with E-state index in [0.29, 0.717) is 12.1 Å². The second kappa shape index (κ2) is 11.9. The van der Waals surface area contributed by atoms with Crippen molar-refractivity contribution in [2.75, 3.05) is 6.61 Å². The first-order valence-corrected chi connectivity index (χ1v) is 17.3. The Bertz CT molecular complexity index is 1030. The van der Waals surface area contributed by atoms with Gasteiger partial charge >= 0.3 is 0 Å². The molecule has 34 heavy (non-hydrogen) atoms. The molecule has 3 rings (SSSR count). The van der Waals surface area contributed by atoms with Crippen LogP contribution in [0.15, 0.2) is 36.4 Å². The number of ether oxygens (including phenoxy) is 1. The molecule has 0 N–H and O–H groups in total. The van der Waals surface area contributed by atoms with Crippen LogP contribution >= 0.6 is 11.3 Å². The van der Waals surface area contributed by atoms with Gasteiger partial charge in [-0.3, -0.25) is 0 Å². The first-order chi connectivity index (χ1) is 16.3. The van der Waals surface area contributed by atoms with E-state index in [1.165, 1.54) is 83.0 Å². The number of benzene rings is 1. The molecule has 3 heteroatoms. The van der Waals surface area contributed by atoms with Gasteiger partial charge in [0.2, 0.25) is 0 Å². The summed E-state index contributed by atoms with van der Waals surface area (Å²) < 4.78 is 6.53. The Morgan fingerprint density at radius 3 is 2.29 bits per heavy atom. The first kappa shape index (κ1) is 27.0. The molecule has 0 bridgehead atoms. The van der Waals surface area contributed by atoms with Crippen LogP contribution in [0.3, 0.4) is 0 Å². The zero-order valence-corrected chi connectivity index (χ0v) is 24.6. The molecular formula is C31H46OSSi. The van der Waals surface area contributed by atoms with E-state index in [-0.39, 0.29) is 0 Å². The fourth-order valence-corrected chi connectivity index (χ4v) is 11.7. The SMILES string of the molecule is C=CCOc1c(CCCCC)cc(CCCCC)cc1[Si](C)(C)C1C(C)=C(C)c2cc(C)sc21. The molecule has 1 aliphatic rings.